The van der Waals surface area contributed by atoms with E-state index in [4.69, 9.17) is 9.73 Å². The lowest BCUT2D eigenvalue weighted by molar-refractivity contribution is -0.384. The number of fused-ring (bicyclic) bond motifs is 4. The molecule has 0 aromatic heterocycles. The molecule has 8 nitrogen and oxygen atoms in total. The summed E-state index contributed by atoms with van der Waals surface area (Å²) in [7, 11) is 1.65. The number of hydrogen-bond acceptors (Lipinski definition) is 8. The minimum atomic E-state index is -0.363. The predicted octanol–water partition coefficient (Wildman–Crippen LogP) is 6.56. The second-order valence-corrected chi connectivity index (χ2v) is 11.0. The number of rotatable bonds is 5. The van der Waals surface area contributed by atoms with Gasteiger partial charge in [-0.3, -0.25) is 19.8 Å². The van der Waals surface area contributed by atoms with Crippen molar-refractivity contribution >= 4 is 51.7 Å². The molecular formula is C28H24N4O4S2. The lowest BCUT2D eigenvalue weighted by atomic mass is 10.1. The van der Waals surface area contributed by atoms with E-state index in [1.165, 1.54) is 11.8 Å². The number of thioether (sulfide) groups is 2. The van der Waals surface area contributed by atoms with Gasteiger partial charge in [0.15, 0.2) is 5.17 Å². The largest absolute Gasteiger partial charge is 0.497 e. The minimum Gasteiger partial charge on any atom is -0.497 e. The number of amides is 1. The number of nitro benzene ring substituents is 1. The molecular weight excluding hydrogens is 520 g/mol. The third-order valence-corrected chi connectivity index (χ3v) is 9.26. The van der Waals surface area contributed by atoms with Gasteiger partial charge in [-0.25, -0.2) is 4.99 Å². The Labute approximate surface area is 228 Å². The second kappa shape index (κ2) is 9.52. The van der Waals surface area contributed by atoms with Crippen molar-refractivity contribution in [3.05, 3.63) is 85.8 Å². The quantitative estimate of drug-likeness (QED) is 0.160. The number of aliphatic imine (C=N–C) groups is 1. The topological polar surface area (TPSA) is 88.3 Å². The van der Waals surface area contributed by atoms with Gasteiger partial charge in [0.1, 0.15) is 15.7 Å². The highest BCUT2D eigenvalue weighted by molar-refractivity contribution is 8.19. The van der Waals surface area contributed by atoms with Crippen molar-refractivity contribution in [2.75, 3.05) is 25.1 Å². The van der Waals surface area contributed by atoms with E-state index in [9.17, 15) is 14.9 Å². The number of non-ortho nitro benzene ring substituents is 1. The Morgan fingerprint density at radius 2 is 1.71 bits per heavy atom. The zero-order chi connectivity index (χ0) is 26.6. The van der Waals surface area contributed by atoms with Crippen LogP contribution in [0.15, 0.2) is 74.4 Å². The van der Waals surface area contributed by atoms with Gasteiger partial charge in [0, 0.05) is 36.2 Å². The molecule has 3 aromatic rings. The van der Waals surface area contributed by atoms with Crippen molar-refractivity contribution in [2.24, 2.45) is 4.99 Å². The first-order valence-corrected chi connectivity index (χ1v) is 13.9. The molecule has 2 heterocycles. The van der Waals surface area contributed by atoms with Gasteiger partial charge < -0.3 is 9.64 Å². The number of carbonyl (C=O) groups excluding carboxylic acids is 1. The van der Waals surface area contributed by atoms with E-state index in [1.54, 1.807) is 35.9 Å². The zero-order valence-corrected chi connectivity index (χ0v) is 22.7. The smallest absolute Gasteiger partial charge is 0.269 e. The SMILES string of the molecule is CCN1C(=O)/C(=C2/Sc3ccc(OC)cc3N2CC)SC1=Nc1ccc2c(c1)Cc1cc([N+](=O)[O-])ccc1-2. The van der Waals surface area contributed by atoms with Crippen molar-refractivity contribution in [3.63, 3.8) is 0 Å². The van der Waals surface area contributed by atoms with Crippen LogP contribution in [-0.4, -0.2) is 41.1 Å². The molecule has 3 aliphatic rings. The molecule has 1 amide bonds. The van der Waals surface area contributed by atoms with E-state index in [2.05, 4.69) is 11.8 Å². The monoisotopic (exact) mass is 544 g/mol. The number of amidine groups is 1. The molecule has 1 fully saturated rings. The first-order chi connectivity index (χ1) is 18.4. The Morgan fingerprint density at radius 3 is 2.42 bits per heavy atom. The first kappa shape index (κ1) is 24.6. The molecule has 0 spiro atoms. The standard InChI is InChI=1S/C28H24N4O4S2/c1-4-30-23-15-20(36-3)8-11-24(23)37-27(30)25-26(33)31(5-2)28(38-25)29-18-6-9-21-16(13-18)12-17-14-19(32(34)35)7-10-22(17)21/h6-11,13-15H,4-5,12H2,1-3H3/b27-25-,29-28?. The Bertz CT molecular complexity index is 1580. The maximum absolute atomic E-state index is 13.5. The highest BCUT2D eigenvalue weighted by atomic mass is 32.2. The van der Waals surface area contributed by atoms with Crippen molar-refractivity contribution in [1.29, 1.82) is 0 Å². The number of nitro groups is 1. The Kier molecular flexibility index (Phi) is 6.16. The number of anilines is 1. The summed E-state index contributed by atoms with van der Waals surface area (Å²) in [6, 6.07) is 17.0. The molecule has 0 saturated carbocycles. The van der Waals surface area contributed by atoms with E-state index < -0.39 is 0 Å². The third kappa shape index (κ3) is 3.95. The maximum Gasteiger partial charge on any atom is 0.269 e. The summed E-state index contributed by atoms with van der Waals surface area (Å²) in [5, 5.41) is 12.8. The van der Waals surface area contributed by atoms with Gasteiger partial charge in [-0.1, -0.05) is 17.8 Å². The summed E-state index contributed by atoms with van der Waals surface area (Å²) in [6.45, 7) is 5.26. The highest BCUT2D eigenvalue weighted by Crippen LogP contribution is 2.51. The van der Waals surface area contributed by atoms with E-state index in [0.29, 0.717) is 23.0 Å². The van der Waals surface area contributed by atoms with Crippen LogP contribution < -0.4 is 9.64 Å². The van der Waals surface area contributed by atoms with Crippen LogP contribution in [0.2, 0.25) is 0 Å². The number of likely N-dealkylation sites (N-methyl/N-ethyl adjacent to an activating group) is 1. The fourth-order valence-corrected chi connectivity index (χ4v) is 7.48. The van der Waals surface area contributed by atoms with Gasteiger partial charge in [-0.05, 0) is 84.6 Å². The molecule has 0 bridgehead atoms. The Hall–Kier alpha value is -3.76. The Balaban J connectivity index is 1.33. The molecule has 38 heavy (non-hydrogen) atoms. The number of carbonyl (C=O) groups is 1. The van der Waals surface area contributed by atoms with Crippen LogP contribution in [-0.2, 0) is 11.2 Å². The van der Waals surface area contributed by atoms with Gasteiger partial charge in [-0.15, -0.1) is 0 Å². The number of ether oxygens (including phenoxy) is 1. The molecule has 10 heteroatoms. The fraction of sp³-hybridized carbons (Fsp3) is 0.214. The number of benzene rings is 3. The number of nitrogens with zero attached hydrogens (tertiary/aromatic N) is 4. The first-order valence-electron chi connectivity index (χ1n) is 12.3. The van der Waals surface area contributed by atoms with Crippen molar-refractivity contribution in [3.8, 4) is 16.9 Å². The van der Waals surface area contributed by atoms with Crippen LogP contribution in [0.5, 0.6) is 5.75 Å². The summed E-state index contributed by atoms with van der Waals surface area (Å²) in [4.78, 5) is 34.9. The van der Waals surface area contributed by atoms with E-state index >= 15 is 0 Å². The van der Waals surface area contributed by atoms with E-state index in [1.807, 2.05) is 49.4 Å². The van der Waals surface area contributed by atoms with Gasteiger partial charge in [0.05, 0.1) is 23.4 Å². The minimum absolute atomic E-state index is 0.0437. The van der Waals surface area contributed by atoms with Gasteiger partial charge in [0.25, 0.3) is 11.6 Å². The van der Waals surface area contributed by atoms with E-state index in [-0.39, 0.29) is 16.5 Å². The molecule has 0 radical (unpaired) electrons. The summed E-state index contributed by atoms with van der Waals surface area (Å²) in [5.74, 6) is 0.739. The molecule has 1 aliphatic carbocycles. The van der Waals surface area contributed by atoms with Crippen LogP contribution in [0.4, 0.5) is 17.1 Å². The molecule has 0 unspecified atom stereocenters. The van der Waals surface area contributed by atoms with E-state index in [0.717, 1.165) is 55.8 Å². The van der Waals surface area contributed by atoms with Crippen molar-refractivity contribution in [1.82, 2.24) is 4.90 Å². The second-order valence-electron chi connectivity index (χ2n) is 8.98. The third-order valence-electron chi connectivity index (χ3n) is 6.88. The molecule has 6 rings (SSSR count). The molecule has 3 aromatic carbocycles. The van der Waals surface area contributed by atoms with Crippen LogP contribution in [0.25, 0.3) is 11.1 Å². The van der Waals surface area contributed by atoms with Crippen LogP contribution in [0.3, 0.4) is 0 Å². The van der Waals surface area contributed by atoms with Crippen molar-refractivity contribution < 1.29 is 14.5 Å². The summed E-state index contributed by atoms with van der Waals surface area (Å²) in [5.41, 5.74) is 6.01. The normalized spacial score (nSPS) is 18.7. The number of hydrogen-bond donors (Lipinski definition) is 0. The highest BCUT2D eigenvalue weighted by Gasteiger charge is 2.39. The molecule has 192 valence electrons. The molecule has 0 atom stereocenters. The average Bonchev–Trinajstić information content (AvgIpc) is 3.57. The van der Waals surface area contributed by atoms with Crippen molar-refractivity contribution in [2.45, 2.75) is 25.2 Å². The molecule has 1 saturated heterocycles. The summed E-state index contributed by atoms with van der Waals surface area (Å²) >= 11 is 3.01. The summed E-state index contributed by atoms with van der Waals surface area (Å²) < 4.78 is 5.42. The zero-order valence-electron chi connectivity index (χ0n) is 21.1. The van der Waals surface area contributed by atoms with Gasteiger partial charge in [0.2, 0.25) is 0 Å². The van der Waals surface area contributed by atoms with Crippen LogP contribution in [0.1, 0.15) is 25.0 Å². The fourth-order valence-electron chi connectivity index (χ4n) is 5.05. The molecule has 0 N–H and O–H groups in total. The lowest BCUT2D eigenvalue weighted by Gasteiger charge is -2.19. The lowest BCUT2D eigenvalue weighted by Crippen LogP contribution is -2.29. The maximum atomic E-state index is 13.5. The molecule has 2 aliphatic heterocycles. The predicted molar refractivity (Wildman–Crippen MR) is 152 cm³/mol. The number of methoxy groups -OCH3 is 1. The van der Waals surface area contributed by atoms with Crippen LogP contribution in [0, 0.1) is 10.1 Å². The van der Waals surface area contributed by atoms with Gasteiger partial charge >= 0.3 is 0 Å². The van der Waals surface area contributed by atoms with Crippen LogP contribution >= 0.6 is 23.5 Å². The Morgan fingerprint density at radius 1 is 0.974 bits per heavy atom. The average molecular weight is 545 g/mol. The van der Waals surface area contributed by atoms with Gasteiger partial charge in [-0.2, -0.15) is 0 Å². The summed E-state index contributed by atoms with van der Waals surface area (Å²) in [6.07, 6.45) is 0.619.